The Morgan fingerprint density at radius 1 is 0.957 bits per heavy atom. The maximum Gasteiger partial charge on any atom is 0.352 e. The molecule has 2 aliphatic rings. The number of thioether (sulfide) groups is 1. The minimum Gasteiger partial charge on any atom is -0.494 e. The first kappa shape index (κ1) is 30.9. The van der Waals surface area contributed by atoms with Crippen LogP contribution in [0.5, 0.6) is 5.75 Å². The summed E-state index contributed by atoms with van der Waals surface area (Å²) in [5, 5.41) is 21.7. The van der Waals surface area contributed by atoms with Crippen LogP contribution in [0, 0.1) is 6.92 Å². The largest absolute Gasteiger partial charge is 0.494 e. The van der Waals surface area contributed by atoms with E-state index in [1.54, 1.807) is 4.57 Å². The van der Waals surface area contributed by atoms with Crippen molar-refractivity contribution in [3.63, 3.8) is 0 Å². The van der Waals surface area contributed by atoms with Gasteiger partial charge in [-0.2, -0.15) is 10.2 Å². The molecule has 0 fully saturated rings. The van der Waals surface area contributed by atoms with Crippen molar-refractivity contribution >= 4 is 40.2 Å². The maximum absolute atomic E-state index is 12.7. The third-order valence-electron chi connectivity index (χ3n) is 9.51. The van der Waals surface area contributed by atoms with Crippen molar-refractivity contribution in [2.75, 3.05) is 13.7 Å². The molecule has 46 heavy (non-hydrogen) atoms. The Hall–Kier alpha value is -3.73. The molecule has 7 rings (SSSR count). The number of aromatic carboxylic acids is 1. The normalized spacial score (nSPS) is 15.9. The van der Waals surface area contributed by atoms with Crippen LogP contribution in [0.2, 0.25) is 5.02 Å². The number of carboxylic acids is 1. The molecular formula is C35H39ClN6O3S. The summed E-state index contributed by atoms with van der Waals surface area (Å²) in [5.74, 6) is 0.749. The highest BCUT2D eigenvalue weighted by Crippen LogP contribution is 2.42. The second kappa shape index (κ2) is 12.1. The number of hydrogen-bond acceptors (Lipinski definition) is 6. The highest BCUT2D eigenvalue weighted by molar-refractivity contribution is 7.98. The van der Waals surface area contributed by atoms with E-state index in [1.165, 1.54) is 21.7 Å². The molecule has 5 aromatic rings. The van der Waals surface area contributed by atoms with Gasteiger partial charge >= 0.3 is 5.97 Å². The SMILES string of the molecule is Cc1c2c(nn1C)CN(C)Cc1cc(n(C)n1)CSc1cc(cc3c1CCC3)OCCCc1c(C(=O)O)n(C)c3c-2c(Cl)ccc13. The molecule has 1 aliphatic heterocycles. The lowest BCUT2D eigenvalue weighted by Gasteiger charge is -2.16. The summed E-state index contributed by atoms with van der Waals surface area (Å²) in [6, 6.07) is 10.4. The number of rotatable bonds is 1. The molecule has 0 unspecified atom stereocenters. The number of nitrogens with zero attached hydrogens (tertiary/aromatic N) is 6. The first-order valence-corrected chi connectivity index (χ1v) is 17.1. The minimum absolute atomic E-state index is 0.281. The fraction of sp³-hybridized carbons (Fsp3) is 0.400. The van der Waals surface area contributed by atoms with E-state index in [2.05, 4.69) is 30.1 Å². The molecule has 1 aliphatic carbocycles. The monoisotopic (exact) mass is 658 g/mol. The fourth-order valence-corrected chi connectivity index (χ4v) is 8.72. The van der Waals surface area contributed by atoms with Crippen LogP contribution in [0.4, 0.5) is 0 Å². The number of fused-ring (bicyclic) bond motifs is 8. The van der Waals surface area contributed by atoms with Crippen molar-refractivity contribution in [1.82, 2.24) is 29.0 Å². The predicted molar refractivity (Wildman–Crippen MR) is 182 cm³/mol. The van der Waals surface area contributed by atoms with E-state index in [1.807, 2.05) is 61.3 Å². The van der Waals surface area contributed by atoms with Crippen LogP contribution in [0.3, 0.4) is 0 Å². The van der Waals surface area contributed by atoms with Crippen molar-refractivity contribution in [3.8, 4) is 16.9 Å². The lowest BCUT2D eigenvalue weighted by Crippen LogP contribution is -2.18. The van der Waals surface area contributed by atoms with Crippen molar-refractivity contribution in [1.29, 1.82) is 0 Å². The average molecular weight is 659 g/mol. The molecule has 11 heteroatoms. The molecule has 9 nitrogen and oxygen atoms in total. The van der Waals surface area contributed by atoms with Gasteiger partial charge in [0.15, 0.2) is 0 Å². The highest BCUT2D eigenvalue weighted by atomic mass is 35.5. The van der Waals surface area contributed by atoms with Gasteiger partial charge in [0.25, 0.3) is 0 Å². The molecule has 0 amide bonds. The van der Waals surface area contributed by atoms with E-state index in [-0.39, 0.29) is 5.69 Å². The van der Waals surface area contributed by atoms with Crippen molar-refractivity contribution < 1.29 is 14.6 Å². The average Bonchev–Trinajstić information content (AvgIpc) is 3.75. The van der Waals surface area contributed by atoms with Gasteiger partial charge in [0, 0.05) is 72.8 Å². The van der Waals surface area contributed by atoms with Gasteiger partial charge in [-0.25, -0.2) is 4.79 Å². The molecule has 240 valence electrons. The molecule has 0 atom stereocenters. The van der Waals surface area contributed by atoms with Crippen LogP contribution in [-0.4, -0.2) is 53.8 Å². The molecule has 1 N–H and O–H groups in total. The fourth-order valence-electron chi connectivity index (χ4n) is 7.29. The number of carbonyl (C=O) groups is 1. The van der Waals surface area contributed by atoms with Gasteiger partial charge in [0.1, 0.15) is 11.4 Å². The summed E-state index contributed by atoms with van der Waals surface area (Å²) >= 11 is 8.85. The third-order valence-corrected chi connectivity index (χ3v) is 10.9. The van der Waals surface area contributed by atoms with Crippen molar-refractivity contribution in [2.45, 2.75) is 62.8 Å². The molecule has 4 heterocycles. The second-order valence-corrected chi connectivity index (χ2v) is 14.0. The third kappa shape index (κ3) is 5.40. The summed E-state index contributed by atoms with van der Waals surface area (Å²) in [5.41, 5.74) is 10.5. The topological polar surface area (TPSA) is 90.3 Å². The number of ether oxygens (including phenoxy) is 1. The maximum atomic E-state index is 12.7. The number of hydrogen-bond donors (Lipinski definition) is 1. The Morgan fingerprint density at radius 3 is 2.57 bits per heavy atom. The number of halogens is 1. The van der Waals surface area contributed by atoms with E-state index < -0.39 is 5.97 Å². The Balaban J connectivity index is 1.36. The summed E-state index contributed by atoms with van der Waals surface area (Å²) in [6.07, 6.45) is 4.58. The quantitative estimate of drug-likeness (QED) is 0.214. The number of aromatic nitrogens is 5. The molecule has 0 radical (unpaired) electrons. The van der Waals surface area contributed by atoms with Crippen molar-refractivity contribution in [3.05, 3.63) is 80.5 Å². The van der Waals surface area contributed by atoms with Gasteiger partial charge < -0.3 is 14.4 Å². The van der Waals surface area contributed by atoms with Crippen molar-refractivity contribution in [2.24, 2.45) is 21.1 Å². The Bertz CT molecular complexity index is 2010. The van der Waals surface area contributed by atoms with E-state index >= 15 is 0 Å². The molecular weight excluding hydrogens is 620 g/mol. The second-order valence-electron chi connectivity index (χ2n) is 12.6. The molecule has 0 spiro atoms. The van der Waals surface area contributed by atoms with Crippen LogP contribution in [-0.2, 0) is 59.2 Å². The van der Waals surface area contributed by atoms with Gasteiger partial charge in [0.05, 0.1) is 28.5 Å². The van der Waals surface area contributed by atoms with Gasteiger partial charge in [-0.1, -0.05) is 17.7 Å². The summed E-state index contributed by atoms with van der Waals surface area (Å²) in [6.45, 7) is 3.75. The zero-order valence-electron chi connectivity index (χ0n) is 27.0. The molecule has 2 aromatic carbocycles. The Labute approximate surface area is 278 Å². The lowest BCUT2D eigenvalue weighted by atomic mass is 9.98. The number of benzene rings is 2. The van der Waals surface area contributed by atoms with Crippen LogP contribution >= 0.6 is 23.4 Å². The standard InChI is InChI=1S/C35H39ClN6O3S/c1-20-31-29(38-41(20)4)18-39(2)17-22-15-23(42(5)37-22)19-46-30-16-24(14-21-8-6-9-25(21)30)45-13-7-10-26-27-11-12-28(36)32(31)33(27)40(3)34(26)35(43)44/h11-12,14-16H,6-10,13,17-19H2,1-5H3,(H,43,44). The summed E-state index contributed by atoms with van der Waals surface area (Å²) in [7, 11) is 7.85. The first-order chi connectivity index (χ1) is 22.1. The van der Waals surface area contributed by atoms with Gasteiger partial charge in [-0.15, -0.1) is 11.8 Å². The van der Waals surface area contributed by atoms with Crippen LogP contribution < -0.4 is 4.74 Å². The molecule has 0 saturated heterocycles. The van der Waals surface area contributed by atoms with E-state index in [9.17, 15) is 9.90 Å². The number of aryl methyl sites for hydroxylation is 5. The number of carboxylic acid groups (broad SMARTS) is 1. The van der Waals surface area contributed by atoms with Crippen LogP contribution in [0.1, 0.15) is 62.8 Å². The zero-order chi connectivity index (χ0) is 32.3. The molecule has 0 saturated carbocycles. The summed E-state index contributed by atoms with van der Waals surface area (Å²) < 4.78 is 12.0. The van der Waals surface area contributed by atoms with Gasteiger partial charge in [0.2, 0.25) is 0 Å². The highest BCUT2D eigenvalue weighted by Gasteiger charge is 2.28. The summed E-state index contributed by atoms with van der Waals surface area (Å²) in [4.78, 5) is 16.2. The first-order valence-electron chi connectivity index (χ1n) is 15.8. The zero-order valence-corrected chi connectivity index (χ0v) is 28.6. The van der Waals surface area contributed by atoms with Gasteiger partial charge in [-0.05, 0) is 87.0 Å². The van der Waals surface area contributed by atoms with E-state index in [4.69, 9.17) is 26.5 Å². The van der Waals surface area contributed by atoms with E-state index in [0.29, 0.717) is 37.6 Å². The Kier molecular flexibility index (Phi) is 8.15. The van der Waals surface area contributed by atoms with Crippen LogP contribution in [0.25, 0.3) is 22.0 Å². The molecule has 3 aromatic heterocycles. The van der Waals surface area contributed by atoms with E-state index in [0.717, 1.165) is 75.4 Å². The van der Waals surface area contributed by atoms with Gasteiger partial charge in [-0.3, -0.25) is 14.3 Å². The molecule has 8 bridgehead atoms. The predicted octanol–water partition coefficient (Wildman–Crippen LogP) is 6.71. The van der Waals surface area contributed by atoms with Crippen LogP contribution in [0.15, 0.2) is 35.2 Å². The minimum atomic E-state index is -0.955. The Morgan fingerprint density at radius 2 is 1.76 bits per heavy atom. The smallest absolute Gasteiger partial charge is 0.352 e. The lowest BCUT2D eigenvalue weighted by molar-refractivity contribution is 0.0685.